The lowest BCUT2D eigenvalue weighted by Crippen LogP contribution is -2.44. The summed E-state index contributed by atoms with van der Waals surface area (Å²) in [5, 5.41) is 9.11. The first-order valence-corrected chi connectivity index (χ1v) is 6.61. The molecular weight excluding hydrogens is 200 g/mol. The number of nitrogens with two attached hydrogens (primary N) is 1. The van der Waals surface area contributed by atoms with Crippen molar-refractivity contribution in [3.8, 4) is 0 Å². The highest BCUT2D eigenvalue weighted by Crippen LogP contribution is 2.12. The molecule has 3 heteroatoms. The van der Waals surface area contributed by atoms with Crippen LogP contribution in [-0.2, 0) is 0 Å². The van der Waals surface area contributed by atoms with Crippen LogP contribution in [-0.4, -0.2) is 41.8 Å². The van der Waals surface area contributed by atoms with Gasteiger partial charge in [0, 0.05) is 12.1 Å². The molecule has 1 unspecified atom stereocenters. The molecule has 3 N–H and O–H groups in total. The largest absolute Gasteiger partial charge is 0.394 e. The molecule has 0 aromatic carbocycles. The number of nitrogens with zero attached hydrogens (tertiary/aromatic N) is 1. The van der Waals surface area contributed by atoms with Gasteiger partial charge in [0.05, 0.1) is 6.61 Å². The Morgan fingerprint density at radius 1 is 1.25 bits per heavy atom. The average molecular weight is 230 g/mol. The van der Waals surface area contributed by atoms with Crippen molar-refractivity contribution in [2.45, 2.75) is 52.5 Å². The van der Waals surface area contributed by atoms with Gasteiger partial charge >= 0.3 is 0 Å². The van der Waals surface area contributed by atoms with Gasteiger partial charge in [-0.2, -0.15) is 0 Å². The number of rotatable bonds is 9. The highest BCUT2D eigenvalue weighted by molar-refractivity contribution is 4.79. The third kappa shape index (κ3) is 6.46. The highest BCUT2D eigenvalue weighted by atomic mass is 16.3. The van der Waals surface area contributed by atoms with Crippen LogP contribution in [0, 0.1) is 5.92 Å². The molecule has 0 saturated carbocycles. The minimum Gasteiger partial charge on any atom is -0.394 e. The van der Waals surface area contributed by atoms with Crippen LogP contribution in [0.15, 0.2) is 0 Å². The van der Waals surface area contributed by atoms with Crippen LogP contribution in [0.3, 0.4) is 0 Å². The molecule has 0 aromatic heterocycles. The van der Waals surface area contributed by atoms with Crippen LogP contribution in [0.2, 0.25) is 0 Å². The predicted molar refractivity (Wildman–Crippen MR) is 70.5 cm³/mol. The zero-order valence-corrected chi connectivity index (χ0v) is 11.5. The summed E-state index contributed by atoms with van der Waals surface area (Å²) in [7, 11) is 0. The fourth-order valence-corrected chi connectivity index (χ4v) is 1.78. The predicted octanol–water partition coefficient (Wildman–Crippen LogP) is 1.84. The minimum atomic E-state index is -0.429. The molecule has 3 nitrogen and oxygen atoms in total. The smallest absolute Gasteiger partial charge is 0.0608 e. The molecule has 1 atom stereocenters. The van der Waals surface area contributed by atoms with Crippen molar-refractivity contribution in [3.63, 3.8) is 0 Å². The zero-order chi connectivity index (χ0) is 12.6. The molecule has 0 rings (SSSR count). The Kier molecular flexibility index (Phi) is 7.98. The maximum absolute atomic E-state index is 9.11. The Labute approximate surface area is 101 Å². The van der Waals surface area contributed by atoms with Crippen molar-refractivity contribution >= 4 is 0 Å². The average Bonchev–Trinajstić information content (AvgIpc) is 2.29. The van der Waals surface area contributed by atoms with Gasteiger partial charge in [-0.15, -0.1) is 0 Å². The molecular formula is C13H30N2O. The van der Waals surface area contributed by atoms with Gasteiger partial charge in [-0.3, -0.25) is 0 Å². The second-order valence-electron chi connectivity index (χ2n) is 5.14. The third-order valence-corrected chi connectivity index (χ3v) is 3.48. The molecule has 16 heavy (non-hydrogen) atoms. The quantitative estimate of drug-likeness (QED) is 0.635. The van der Waals surface area contributed by atoms with E-state index in [1.165, 1.54) is 12.8 Å². The first kappa shape index (κ1) is 15.9. The van der Waals surface area contributed by atoms with Crippen LogP contribution in [0.5, 0.6) is 0 Å². The van der Waals surface area contributed by atoms with Gasteiger partial charge in [-0.25, -0.2) is 0 Å². The van der Waals surface area contributed by atoms with E-state index in [1.54, 1.807) is 0 Å². The minimum absolute atomic E-state index is 0.0650. The first-order chi connectivity index (χ1) is 7.49. The molecule has 0 saturated heterocycles. The van der Waals surface area contributed by atoms with E-state index < -0.39 is 5.54 Å². The Morgan fingerprint density at radius 2 is 1.81 bits per heavy atom. The fraction of sp³-hybridized carbons (Fsp3) is 1.00. The van der Waals surface area contributed by atoms with E-state index in [-0.39, 0.29) is 6.61 Å². The number of aliphatic hydroxyl groups excluding tert-OH is 1. The lowest BCUT2D eigenvalue weighted by atomic mass is 9.99. The fourth-order valence-electron chi connectivity index (χ4n) is 1.78. The van der Waals surface area contributed by atoms with Crippen molar-refractivity contribution in [1.29, 1.82) is 0 Å². The maximum Gasteiger partial charge on any atom is 0.0608 e. The lowest BCUT2D eigenvalue weighted by molar-refractivity contribution is 0.166. The highest BCUT2D eigenvalue weighted by Gasteiger charge is 2.18. The van der Waals surface area contributed by atoms with E-state index >= 15 is 0 Å². The Morgan fingerprint density at radius 3 is 2.19 bits per heavy atom. The van der Waals surface area contributed by atoms with E-state index in [9.17, 15) is 0 Å². The van der Waals surface area contributed by atoms with Crippen LogP contribution >= 0.6 is 0 Å². The van der Waals surface area contributed by atoms with Gasteiger partial charge in [0.15, 0.2) is 0 Å². The summed E-state index contributed by atoms with van der Waals surface area (Å²) in [6.07, 6.45) is 3.34. The zero-order valence-electron chi connectivity index (χ0n) is 11.5. The van der Waals surface area contributed by atoms with Gasteiger partial charge in [0.1, 0.15) is 0 Å². The molecule has 0 aliphatic carbocycles. The van der Waals surface area contributed by atoms with Crippen LogP contribution in [0.4, 0.5) is 0 Å². The Hall–Kier alpha value is -0.120. The molecule has 0 heterocycles. The summed E-state index contributed by atoms with van der Waals surface area (Å²) in [4.78, 5) is 2.44. The lowest BCUT2D eigenvalue weighted by Gasteiger charge is -2.29. The van der Waals surface area contributed by atoms with E-state index in [1.807, 2.05) is 6.92 Å². The molecule has 0 aliphatic heterocycles. The van der Waals surface area contributed by atoms with E-state index in [0.717, 1.165) is 32.0 Å². The summed E-state index contributed by atoms with van der Waals surface area (Å²) < 4.78 is 0. The molecule has 0 aliphatic rings. The van der Waals surface area contributed by atoms with Gasteiger partial charge in [0.25, 0.3) is 0 Å². The summed E-state index contributed by atoms with van der Waals surface area (Å²) in [5.41, 5.74) is 5.51. The summed E-state index contributed by atoms with van der Waals surface area (Å²) in [6.45, 7) is 11.9. The normalized spacial score (nSPS) is 15.8. The summed E-state index contributed by atoms with van der Waals surface area (Å²) >= 11 is 0. The van der Waals surface area contributed by atoms with Gasteiger partial charge in [-0.05, 0) is 32.4 Å². The Bertz CT molecular complexity index is 167. The van der Waals surface area contributed by atoms with Crippen molar-refractivity contribution in [3.05, 3.63) is 0 Å². The van der Waals surface area contributed by atoms with Crippen LogP contribution < -0.4 is 5.73 Å². The molecule has 0 aromatic rings. The maximum atomic E-state index is 9.11. The van der Waals surface area contributed by atoms with E-state index in [4.69, 9.17) is 10.8 Å². The molecule has 98 valence electrons. The molecule has 0 radical (unpaired) electrons. The number of aliphatic hydroxyl groups is 1. The van der Waals surface area contributed by atoms with Gasteiger partial charge in [0.2, 0.25) is 0 Å². The van der Waals surface area contributed by atoms with Crippen molar-refractivity contribution in [2.75, 3.05) is 26.2 Å². The topological polar surface area (TPSA) is 49.5 Å². The second-order valence-corrected chi connectivity index (χ2v) is 5.14. The number of hydrogen-bond donors (Lipinski definition) is 2. The van der Waals surface area contributed by atoms with E-state index in [2.05, 4.69) is 25.7 Å². The third-order valence-electron chi connectivity index (χ3n) is 3.48. The van der Waals surface area contributed by atoms with Crippen LogP contribution in [0.25, 0.3) is 0 Å². The summed E-state index contributed by atoms with van der Waals surface area (Å²) in [5.74, 6) is 0.790. The Balaban J connectivity index is 4.00. The molecule has 0 fully saturated rings. The monoisotopic (exact) mass is 230 g/mol. The van der Waals surface area contributed by atoms with Crippen LogP contribution in [0.1, 0.15) is 47.0 Å². The molecule has 0 spiro atoms. The SMILES string of the molecule is CCC(CC)CN(CC)CCC(C)(N)CO. The number of hydrogen-bond acceptors (Lipinski definition) is 3. The second kappa shape index (κ2) is 8.04. The molecule has 0 bridgehead atoms. The van der Waals surface area contributed by atoms with E-state index in [0.29, 0.717) is 0 Å². The van der Waals surface area contributed by atoms with Crippen molar-refractivity contribution in [1.82, 2.24) is 4.90 Å². The van der Waals surface area contributed by atoms with Crippen molar-refractivity contribution in [2.24, 2.45) is 11.7 Å². The van der Waals surface area contributed by atoms with Gasteiger partial charge < -0.3 is 15.7 Å². The van der Waals surface area contributed by atoms with Gasteiger partial charge in [-0.1, -0.05) is 33.6 Å². The van der Waals surface area contributed by atoms with Crippen molar-refractivity contribution < 1.29 is 5.11 Å². The summed E-state index contributed by atoms with van der Waals surface area (Å²) in [6, 6.07) is 0. The first-order valence-electron chi connectivity index (χ1n) is 6.61. The molecule has 0 amide bonds. The standard InChI is InChI=1S/C13H30N2O/c1-5-12(6-2)10-15(7-3)9-8-13(4,14)11-16/h12,16H,5-11,14H2,1-4H3.